The summed E-state index contributed by atoms with van der Waals surface area (Å²) >= 11 is 2.26. The van der Waals surface area contributed by atoms with Gasteiger partial charge in [-0.25, -0.2) is 0 Å². The zero-order valence-electron chi connectivity index (χ0n) is 11.1. The maximum absolute atomic E-state index is 11.9. The van der Waals surface area contributed by atoms with E-state index in [9.17, 15) is 13.2 Å². The minimum Gasteiger partial charge on any atom is -0.372 e. The molecule has 0 aliphatic heterocycles. The quantitative estimate of drug-likeness (QED) is 0.529. The molecule has 3 nitrogen and oxygen atoms in total. The summed E-state index contributed by atoms with van der Waals surface area (Å²) in [7, 11) is 0. The number of aryl methyl sites for hydroxylation is 1. The van der Waals surface area contributed by atoms with Crippen LogP contribution in [0.25, 0.3) is 11.1 Å². The molecular formula is C14H14F3IN2O. The van der Waals surface area contributed by atoms with Crippen LogP contribution >= 0.6 is 22.6 Å². The number of ether oxygens (including phenoxy) is 1. The molecule has 0 fully saturated rings. The van der Waals surface area contributed by atoms with Gasteiger partial charge in [0, 0.05) is 28.5 Å². The standard InChI is InChI=1S/C14H14F3IN2O/c15-14(16,17)10-21-7-3-6-20-9-11(8-19-20)12-4-1-2-5-13(12)18/h1-2,4-5,8-9H,3,6-7,10H2. The number of hydrogen-bond acceptors (Lipinski definition) is 2. The van der Waals surface area contributed by atoms with E-state index in [2.05, 4.69) is 32.4 Å². The van der Waals surface area contributed by atoms with Crippen LogP contribution < -0.4 is 0 Å². The SMILES string of the molecule is FC(F)(F)COCCCn1cc(-c2ccccc2I)cn1. The van der Waals surface area contributed by atoms with E-state index in [0.717, 1.165) is 14.7 Å². The van der Waals surface area contributed by atoms with E-state index in [4.69, 9.17) is 0 Å². The van der Waals surface area contributed by atoms with Gasteiger partial charge in [-0.1, -0.05) is 18.2 Å². The van der Waals surface area contributed by atoms with Crippen molar-refractivity contribution in [2.24, 2.45) is 0 Å². The van der Waals surface area contributed by atoms with Gasteiger partial charge in [0.1, 0.15) is 6.61 Å². The predicted octanol–water partition coefficient (Wildman–Crippen LogP) is 4.12. The molecule has 0 N–H and O–H groups in total. The van der Waals surface area contributed by atoms with E-state index in [-0.39, 0.29) is 6.61 Å². The molecule has 1 heterocycles. The van der Waals surface area contributed by atoms with Gasteiger partial charge in [0.2, 0.25) is 0 Å². The van der Waals surface area contributed by atoms with Gasteiger partial charge >= 0.3 is 6.18 Å². The molecule has 2 rings (SSSR count). The van der Waals surface area contributed by atoms with Crippen LogP contribution in [0.1, 0.15) is 6.42 Å². The van der Waals surface area contributed by atoms with E-state index < -0.39 is 12.8 Å². The third-order valence-electron chi connectivity index (χ3n) is 2.76. The Labute approximate surface area is 134 Å². The summed E-state index contributed by atoms with van der Waals surface area (Å²) < 4.78 is 43.1. The Morgan fingerprint density at radius 3 is 2.71 bits per heavy atom. The molecule has 0 unspecified atom stereocenters. The van der Waals surface area contributed by atoms with Gasteiger partial charge in [-0.3, -0.25) is 4.68 Å². The number of benzene rings is 1. The number of aromatic nitrogens is 2. The van der Waals surface area contributed by atoms with Crippen LogP contribution in [0, 0.1) is 3.57 Å². The van der Waals surface area contributed by atoms with E-state index in [1.807, 2.05) is 30.5 Å². The fraction of sp³-hybridized carbons (Fsp3) is 0.357. The second kappa shape index (κ2) is 7.26. The highest BCUT2D eigenvalue weighted by Gasteiger charge is 2.27. The molecule has 0 aliphatic carbocycles. The van der Waals surface area contributed by atoms with Crippen LogP contribution in [0.2, 0.25) is 0 Å². The summed E-state index contributed by atoms with van der Waals surface area (Å²) in [5, 5.41) is 4.22. The molecule has 21 heavy (non-hydrogen) atoms. The first-order chi connectivity index (χ1) is 9.96. The Balaban J connectivity index is 1.83. The normalized spacial score (nSPS) is 11.8. The topological polar surface area (TPSA) is 27.1 Å². The highest BCUT2D eigenvalue weighted by molar-refractivity contribution is 14.1. The minimum atomic E-state index is -4.26. The Bertz CT molecular complexity index is 584. The molecule has 0 radical (unpaired) electrons. The smallest absolute Gasteiger partial charge is 0.372 e. The molecule has 1 aromatic heterocycles. The van der Waals surface area contributed by atoms with Crippen molar-refractivity contribution >= 4 is 22.6 Å². The highest BCUT2D eigenvalue weighted by atomic mass is 127. The second-order valence-corrected chi connectivity index (χ2v) is 5.66. The lowest BCUT2D eigenvalue weighted by Gasteiger charge is -2.07. The predicted molar refractivity (Wildman–Crippen MR) is 81.9 cm³/mol. The summed E-state index contributed by atoms with van der Waals surface area (Å²) in [4.78, 5) is 0. The summed E-state index contributed by atoms with van der Waals surface area (Å²) in [5.74, 6) is 0. The number of halogens is 4. The van der Waals surface area contributed by atoms with Gasteiger partial charge in [-0.05, 0) is 40.6 Å². The van der Waals surface area contributed by atoms with Gasteiger partial charge in [-0.2, -0.15) is 18.3 Å². The number of nitrogens with zero attached hydrogens (tertiary/aromatic N) is 2. The minimum absolute atomic E-state index is 0.0670. The van der Waals surface area contributed by atoms with Crippen LogP contribution in [0.3, 0.4) is 0 Å². The zero-order chi connectivity index (χ0) is 15.3. The fourth-order valence-corrected chi connectivity index (χ4v) is 2.54. The Hall–Kier alpha value is -1.09. The van der Waals surface area contributed by atoms with Crippen molar-refractivity contribution in [2.75, 3.05) is 13.2 Å². The van der Waals surface area contributed by atoms with E-state index in [1.54, 1.807) is 10.9 Å². The molecular weight excluding hydrogens is 396 g/mol. The second-order valence-electron chi connectivity index (χ2n) is 4.49. The molecule has 0 saturated carbocycles. The lowest BCUT2D eigenvalue weighted by molar-refractivity contribution is -0.174. The van der Waals surface area contributed by atoms with Gasteiger partial charge in [0.25, 0.3) is 0 Å². The maximum atomic E-state index is 11.9. The largest absolute Gasteiger partial charge is 0.411 e. The lowest BCUT2D eigenvalue weighted by Crippen LogP contribution is -2.17. The van der Waals surface area contributed by atoms with Gasteiger partial charge < -0.3 is 4.74 Å². The summed E-state index contributed by atoms with van der Waals surface area (Å²) in [6.07, 6.45) is -0.124. The van der Waals surface area contributed by atoms with Crippen molar-refractivity contribution in [1.82, 2.24) is 9.78 Å². The van der Waals surface area contributed by atoms with Crippen molar-refractivity contribution in [3.63, 3.8) is 0 Å². The monoisotopic (exact) mass is 410 g/mol. The summed E-state index contributed by atoms with van der Waals surface area (Å²) in [6.45, 7) is -0.599. The summed E-state index contributed by atoms with van der Waals surface area (Å²) in [6, 6.07) is 7.95. The van der Waals surface area contributed by atoms with Crippen molar-refractivity contribution in [1.29, 1.82) is 0 Å². The lowest BCUT2D eigenvalue weighted by atomic mass is 10.1. The molecule has 2 aromatic rings. The first-order valence-corrected chi connectivity index (χ1v) is 7.45. The molecule has 0 saturated heterocycles. The van der Waals surface area contributed by atoms with Crippen LogP contribution in [0.5, 0.6) is 0 Å². The van der Waals surface area contributed by atoms with E-state index in [0.29, 0.717) is 13.0 Å². The summed E-state index contributed by atoms with van der Waals surface area (Å²) in [5.41, 5.74) is 2.09. The third-order valence-corrected chi connectivity index (χ3v) is 3.70. The van der Waals surface area contributed by atoms with Crippen molar-refractivity contribution in [3.8, 4) is 11.1 Å². The average molecular weight is 410 g/mol. The van der Waals surface area contributed by atoms with Gasteiger partial charge in [-0.15, -0.1) is 0 Å². The van der Waals surface area contributed by atoms with Gasteiger partial charge in [0.15, 0.2) is 0 Å². The van der Waals surface area contributed by atoms with Crippen LogP contribution in [-0.4, -0.2) is 29.2 Å². The number of hydrogen-bond donors (Lipinski definition) is 0. The number of alkyl halides is 3. The molecule has 0 bridgehead atoms. The number of rotatable bonds is 6. The molecule has 7 heteroatoms. The van der Waals surface area contributed by atoms with E-state index in [1.165, 1.54) is 0 Å². The molecule has 0 spiro atoms. The molecule has 114 valence electrons. The Kier molecular flexibility index (Phi) is 5.63. The van der Waals surface area contributed by atoms with Crippen molar-refractivity contribution in [3.05, 3.63) is 40.2 Å². The first kappa shape index (κ1) is 16.3. The van der Waals surface area contributed by atoms with Gasteiger partial charge in [0.05, 0.1) is 6.20 Å². The first-order valence-electron chi connectivity index (χ1n) is 6.37. The van der Waals surface area contributed by atoms with Crippen molar-refractivity contribution < 1.29 is 17.9 Å². The average Bonchev–Trinajstić information content (AvgIpc) is 2.86. The van der Waals surface area contributed by atoms with Crippen molar-refractivity contribution in [2.45, 2.75) is 19.1 Å². The molecule has 0 aliphatic rings. The molecule has 0 atom stereocenters. The van der Waals surface area contributed by atoms with Crippen LogP contribution in [-0.2, 0) is 11.3 Å². The third kappa shape index (κ3) is 5.31. The Morgan fingerprint density at radius 1 is 1.24 bits per heavy atom. The fourth-order valence-electron chi connectivity index (χ4n) is 1.84. The maximum Gasteiger partial charge on any atom is 0.411 e. The molecule has 1 aromatic carbocycles. The van der Waals surface area contributed by atoms with Crippen LogP contribution in [0.4, 0.5) is 13.2 Å². The highest BCUT2D eigenvalue weighted by Crippen LogP contribution is 2.24. The van der Waals surface area contributed by atoms with Crippen LogP contribution in [0.15, 0.2) is 36.7 Å². The molecule has 0 amide bonds. The van der Waals surface area contributed by atoms with E-state index >= 15 is 0 Å². The Morgan fingerprint density at radius 2 is 2.00 bits per heavy atom. The zero-order valence-corrected chi connectivity index (χ0v) is 13.3.